The average Bonchev–Trinajstić information content (AvgIpc) is 2.49. The van der Waals surface area contributed by atoms with Gasteiger partial charge in [0, 0.05) is 11.6 Å². The second-order valence-electron chi connectivity index (χ2n) is 5.50. The zero-order valence-electron chi connectivity index (χ0n) is 12.2. The van der Waals surface area contributed by atoms with E-state index in [1.54, 1.807) is 6.07 Å². The summed E-state index contributed by atoms with van der Waals surface area (Å²) in [6.45, 7) is 3.98. The standard InChI is InChI=1S/C19H18FN/c1-12-7-9-17(16-6-4-3-5-15(12)16)18-11-14(13(2)21)8-10-19(18)20/h3-11,13H,21H2,1-2H3. The predicted molar refractivity (Wildman–Crippen MR) is 86.7 cm³/mol. The van der Waals surface area contributed by atoms with Gasteiger partial charge in [-0.15, -0.1) is 0 Å². The van der Waals surface area contributed by atoms with Crippen LogP contribution in [0.25, 0.3) is 21.9 Å². The molecule has 0 radical (unpaired) electrons. The number of hydrogen-bond donors (Lipinski definition) is 1. The number of halogens is 1. The molecule has 0 aliphatic rings. The first-order valence-corrected chi connectivity index (χ1v) is 7.11. The van der Waals surface area contributed by atoms with E-state index in [0.717, 1.165) is 21.9 Å². The predicted octanol–water partition coefficient (Wildman–Crippen LogP) is 4.97. The van der Waals surface area contributed by atoms with Crippen LogP contribution in [0.5, 0.6) is 0 Å². The first-order valence-electron chi connectivity index (χ1n) is 7.11. The van der Waals surface area contributed by atoms with E-state index in [1.807, 2.05) is 43.3 Å². The Hall–Kier alpha value is -2.19. The van der Waals surface area contributed by atoms with E-state index in [0.29, 0.717) is 5.56 Å². The lowest BCUT2D eigenvalue weighted by atomic mass is 9.93. The molecular formula is C19H18FN. The molecule has 0 amide bonds. The minimum atomic E-state index is -0.214. The maximum Gasteiger partial charge on any atom is 0.131 e. The van der Waals surface area contributed by atoms with Crippen LogP contribution in [0, 0.1) is 12.7 Å². The summed E-state index contributed by atoms with van der Waals surface area (Å²) in [5.41, 5.74) is 9.58. The van der Waals surface area contributed by atoms with Gasteiger partial charge >= 0.3 is 0 Å². The molecule has 1 atom stereocenters. The Labute approximate surface area is 124 Å². The third kappa shape index (κ3) is 2.43. The molecule has 0 aliphatic heterocycles. The summed E-state index contributed by atoms with van der Waals surface area (Å²) in [6, 6.07) is 17.1. The van der Waals surface area contributed by atoms with E-state index >= 15 is 0 Å². The summed E-state index contributed by atoms with van der Waals surface area (Å²) >= 11 is 0. The highest BCUT2D eigenvalue weighted by atomic mass is 19.1. The normalized spacial score (nSPS) is 12.6. The highest BCUT2D eigenvalue weighted by Crippen LogP contribution is 2.33. The molecule has 3 rings (SSSR count). The van der Waals surface area contributed by atoms with Gasteiger partial charge in [-0.1, -0.05) is 42.5 Å². The van der Waals surface area contributed by atoms with Gasteiger partial charge in [0.2, 0.25) is 0 Å². The topological polar surface area (TPSA) is 26.0 Å². The summed E-state index contributed by atoms with van der Waals surface area (Å²) in [4.78, 5) is 0. The van der Waals surface area contributed by atoms with Gasteiger partial charge in [-0.3, -0.25) is 0 Å². The molecule has 0 heterocycles. The van der Waals surface area contributed by atoms with Gasteiger partial charge in [0.05, 0.1) is 0 Å². The van der Waals surface area contributed by atoms with Crippen LogP contribution in [0.3, 0.4) is 0 Å². The summed E-state index contributed by atoms with van der Waals surface area (Å²) < 4.78 is 14.3. The molecule has 2 heteroatoms. The Morgan fingerprint density at radius 1 is 0.905 bits per heavy atom. The maximum atomic E-state index is 14.3. The number of hydrogen-bond acceptors (Lipinski definition) is 1. The van der Waals surface area contributed by atoms with Crippen LogP contribution in [-0.2, 0) is 0 Å². The quantitative estimate of drug-likeness (QED) is 0.704. The molecule has 3 aromatic carbocycles. The van der Waals surface area contributed by atoms with Crippen molar-refractivity contribution in [3.63, 3.8) is 0 Å². The van der Waals surface area contributed by atoms with E-state index in [9.17, 15) is 4.39 Å². The molecule has 21 heavy (non-hydrogen) atoms. The molecule has 3 aromatic rings. The number of aryl methyl sites for hydroxylation is 1. The van der Waals surface area contributed by atoms with Crippen LogP contribution >= 0.6 is 0 Å². The van der Waals surface area contributed by atoms with E-state index in [-0.39, 0.29) is 11.9 Å². The van der Waals surface area contributed by atoms with E-state index in [1.165, 1.54) is 11.6 Å². The molecule has 1 nitrogen and oxygen atoms in total. The number of benzene rings is 3. The molecule has 0 aromatic heterocycles. The molecule has 0 aliphatic carbocycles. The average molecular weight is 279 g/mol. The van der Waals surface area contributed by atoms with Gasteiger partial charge in [-0.2, -0.15) is 0 Å². The van der Waals surface area contributed by atoms with Crippen LogP contribution in [0.15, 0.2) is 54.6 Å². The first-order chi connectivity index (χ1) is 10.1. The molecule has 0 saturated carbocycles. The lowest BCUT2D eigenvalue weighted by molar-refractivity contribution is 0.629. The summed E-state index contributed by atoms with van der Waals surface area (Å²) in [7, 11) is 0. The Balaban J connectivity index is 2.31. The van der Waals surface area contributed by atoms with Crippen LogP contribution in [0.2, 0.25) is 0 Å². The van der Waals surface area contributed by atoms with Crippen molar-refractivity contribution < 1.29 is 4.39 Å². The van der Waals surface area contributed by atoms with Crippen molar-refractivity contribution in [2.75, 3.05) is 0 Å². The second kappa shape index (κ2) is 5.30. The van der Waals surface area contributed by atoms with Crippen molar-refractivity contribution in [1.29, 1.82) is 0 Å². The Kier molecular flexibility index (Phi) is 3.48. The fourth-order valence-corrected chi connectivity index (χ4v) is 2.72. The van der Waals surface area contributed by atoms with Gasteiger partial charge in [0.25, 0.3) is 0 Å². The molecular weight excluding hydrogens is 261 g/mol. The highest BCUT2D eigenvalue weighted by Gasteiger charge is 2.12. The van der Waals surface area contributed by atoms with Gasteiger partial charge in [-0.05, 0) is 53.4 Å². The smallest absolute Gasteiger partial charge is 0.131 e. The van der Waals surface area contributed by atoms with Crippen molar-refractivity contribution in [2.24, 2.45) is 5.73 Å². The minimum absolute atomic E-state index is 0.110. The van der Waals surface area contributed by atoms with Gasteiger partial charge in [0.15, 0.2) is 0 Å². The van der Waals surface area contributed by atoms with E-state index in [4.69, 9.17) is 5.73 Å². The van der Waals surface area contributed by atoms with Crippen molar-refractivity contribution in [3.05, 3.63) is 71.5 Å². The fraction of sp³-hybridized carbons (Fsp3) is 0.158. The number of nitrogens with two attached hydrogens (primary N) is 1. The molecule has 2 N–H and O–H groups in total. The number of rotatable bonds is 2. The van der Waals surface area contributed by atoms with Crippen LogP contribution in [0.4, 0.5) is 4.39 Å². The maximum absolute atomic E-state index is 14.3. The van der Waals surface area contributed by atoms with Crippen molar-refractivity contribution in [1.82, 2.24) is 0 Å². The molecule has 0 saturated heterocycles. The van der Waals surface area contributed by atoms with Crippen molar-refractivity contribution in [3.8, 4) is 11.1 Å². The summed E-state index contributed by atoms with van der Waals surface area (Å²) in [5, 5.41) is 2.22. The Morgan fingerprint density at radius 2 is 1.62 bits per heavy atom. The third-order valence-electron chi connectivity index (χ3n) is 3.95. The van der Waals surface area contributed by atoms with E-state index < -0.39 is 0 Å². The molecule has 0 fully saturated rings. The van der Waals surface area contributed by atoms with E-state index in [2.05, 4.69) is 13.0 Å². The Morgan fingerprint density at radius 3 is 2.33 bits per heavy atom. The fourth-order valence-electron chi connectivity index (χ4n) is 2.72. The van der Waals surface area contributed by atoms with Crippen molar-refractivity contribution in [2.45, 2.75) is 19.9 Å². The third-order valence-corrected chi connectivity index (χ3v) is 3.95. The Bertz CT molecular complexity index is 806. The lowest BCUT2D eigenvalue weighted by Crippen LogP contribution is -2.05. The number of fused-ring (bicyclic) bond motifs is 1. The SMILES string of the molecule is Cc1ccc(-c2cc(C(C)N)ccc2F)c2ccccc12. The molecule has 106 valence electrons. The zero-order valence-corrected chi connectivity index (χ0v) is 12.2. The molecule has 0 spiro atoms. The van der Waals surface area contributed by atoms with Gasteiger partial charge in [-0.25, -0.2) is 4.39 Å². The van der Waals surface area contributed by atoms with Crippen LogP contribution < -0.4 is 5.73 Å². The highest BCUT2D eigenvalue weighted by molar-refractivity contribution is 5.98. The van der Waals surface area contributed by atoms with Crippen LogP contribution in [0.1, 0.15) is 24.1 Å². The lowest BCUT2D eigenvalue weighted by Gasteiger charge is -2.13. The molecule has 0 bridgehead atoms. The second-order valence-corrected chi connectivity index (χ2v) is 5.50. The monoisotopic (exact) mass is 279 g/mol. The summed E-state index contributed by atoms with van der Waals surface area (Å²) in [5.74, 6) is -0.214. The molecule has 1 unspecified atom stereocenters. The van der Waals surface area contributed by atoms with Crippen molar-refractivity contribution >= 4 is 10.8 Å². The van der Waals surface area contributed by atoms with Crippen LogP contribution in [-0.4, -0.2) is 0 Å². The minimum Gasteiger partial charge on any atom is -0.324 e. The van der Waals surface area contributed by atoms with Gasteiger partial charge < -0.3 is 5.73 Å². The first kappa shape index (κ1) is 13.8. The zero-order chi connectivity index (χ0) is 15.0. The summed E-state index contributed by atoms with van der Waals surface area (Å²) in [6.07, 6.45) is 0. The largest absolute Gasteiger partial charge is 0.324 e. The van der Waals surface area contributed by atoms with Gasteiger partial charge in [0.1, 0.15) is 5.82 Å².